The number of H-pyrrole nitrogens is 1. The maximum Gasteiger partial charge on any atom is 0.224 e. The number of Topliss-reactive ketones (excluding diaryl/α,β-unsaturated/α-hetero) is 5. The molecule has 8 N–H and O–H groups in total. The zero-order chi connectivity index (χ0) is 72.3. The number of amides is 4. The molecular formula is C78H114N7O12S-. The molecule has 4 aromatic rings. The van der Waals surface area contributed by atoms with E-state index in [2.05, 4.69) is 38.2 Å². The molecule has 0 aliphatic rings. The molecule has 98 heavy (non-hydrogen) atoms. The van der Waals surface area contributed by atoms with Crippen molar-refractivity contribution in [3.63, 3.8) is 0 Å². The number of nitrogens with one attached hydrogen (secondary N) is 5. The summed E-state index contributed by atoms with van der Waals surface area (Å²) in [6, 6.07) is 18.5. The molecule has 0 radical (unpaired) electrons. The van der Waals surface area contributed by atoms with E-state index >= 15 is 4.79 Å². The summed E-state index contributed by atoms with van der Waals surface area (Å²) in [5, 5.41) is 35.3. The van der Waals surface area contributed by atoms with E-state index in [0.717, 1.165) is 67.0 Å². The summed E-state index contributed by atoms with van der Waals surface area (Å²) in [5.41, 5.74) is 8.76. The summed E-state index contributed by atoms with van der Waals surface area (Å²) in [5.74, 6) is -10.6. The number of para-hydroxylation sites is 1. The van der Waals surface area contributed by atoms with Crippen LogP contribution >= 0.6 is 11.8 Å². The first-order chi connectivity index (χ1) is 46.8. The summed E-state index contributed by atoms with van der Waals surface area (Å²) < 4.78 is 0. The number of aliphatic carboxylic acids is 1. The molecule has 4 rings (SSSR count). The Balaban J connectivity index is 1.64. The lowest BCUT2D eigenvalue weighted by Crippen LogP contribution is -2.51. The van der Waals surface area contributed by atoms with Crippen LogP contribution in [-0.4, -0.2) is 117 Å². The lowest BCUT2D eigenvalue weighted by Gasteiger charge is -2.29. The molecule has 0 saturated carbocycles. The van der Waals surface area contributed by atoms with Gasteiger partial charge in [-0.2, -0.15) is 11.8 Å². The van der Waals surface area contributed by atoms with Gasteiger partial charge in [0.2, 0.25) is 23.6 Å². The van der Waals surface area contributed by atoms with Gasteiger partial charge >= 0.3 is 0 Å². The molecule has 0 bridgehead atoms. The van der Waals surface area contributed by atoms with Gasteiger partial charge < -0.3 is 47.0 Å². The fraction of sp³-hybridized carbons (Fsp3) is 0.603. The Morgan fingerprint density at radius 3 is 1.63 bits per heavy atom. The van der Waals surface area contributed by atoms with Crippen LogP contribution in [-0.2, 0) is 67.2 Å². The number of hydrogen-bond acceptors (Lipinski definition) is 14. The van der Waals surface area contributed by atoms with Crippen molar-refractivity contribution >= 4 is 87.0 Å². The minimum Gasteiger partial charge on any atom is -0.550 e. The van der Waals surface area contributed by atoms with Gasteiger partial charge in [0.15, 0.2) is 23.1 Å². The summed E-state index contributed by atoms with van der Waals surface area (Å²) >= 11 is 1.46. The number of hydrogen-bond donors (Lipinski definition) is 7. The number of aromatic nitrogens is 1. The van der Waals surface area contributed by atoms with Crippen LogP contribution in [0.15, 0.2) is 90.1 Å². The van der Waals surface area contributed by atoms with Crippen molar-refractivity contribution in [3.8, 4) is 5.75 Å². The van der Waals surface area contributed by atoms with Crippen LogP contribution < -0.4 is 32.1 Å². The van der Waals surface area contributed by atoms with Gasteiger partial charge in [-0.15, -0.1) is 0 Å². The van der Waals surface area contributed by atoms with Gasteiger partial charge in [-0.3, -0.25) is 48.1 Å². The fourth-order valence-corrected chi connectivity index (χ4v) is 13.1. The third kappa shape index (κ3) is 29.1. The molecule has 0 spiro atoms. The van der Waals surface area contributed by atoms with Gasteiger partial charge in [0, 0.05) is 97.2 Å². The highest BCUT2D eigenvalue weighted by Crippen LogP contribution is 2.28. The normalized spacial score (nSPS) is 14.8. The number of carbonyl (C=O) groups is 10. The number of carboxylic acids is 1. The number of nitrogens with two attached hydrogens (primary N) is 1. The van der Waals surface area contributed by atoms with Crippen molar-refractivity contribution in [1.82, 2.24) is 26.3 Å². The Morgan fingerprint density at radius 1 is 0.520 bits per heavy atom. The van der Waals surface area contributed by atoms with Crippen LogP contribution in [0.25, 0.3) is 10.9 Å². The first-order valence-corrected chi connectivity index (χ1v) is 37.4. The van der Waals surface area contributed by atoms with Crippen LogP contribution in [0.4, 0.5) is 0 Å². The van der Waals surface area contributed by atoms with E-state index in [9.17, 15) is 53.4 Å². The number of benzene rings is 3. The summed E-state index contributed by atoms with van der Waals surface area (Å²) in [6.07, 6.45) is 12.0. The number of fused-ring (bicyclic) bond motifs is 1. The number of ketones is 5. The maximum atomic E-state index is 15.0. The molecule has 0 aliphatic heterocycles. The highest BCUT2D eigenvalue weighted by Gasteiger charge is 2.38. The number of nitrogens with zero attached hydrogens (tertiary/aromatic N) is 1. The van der Waals surface area contributed by atoms with Crippen molar-refractivity contribution in [3.05, 3.63) is 102 Å². The van der Waals surface area contributed by atoms with Crippen molar-refractivity contribution < 1.29 is 58.2 Å². The molecule has 1 aromatic heterocycles. The van der Waals surface area contributed by atoms with Crippen molar-refractivity contribution in [1.29, 1.82) is 0 Å². The molecule has 0 aliphatic carbocycles. The number of aromatic amines is 1. The summed E-state index contributed by atoms with van der Waals surface area (Å²) in [6.45, 7) is 17.1. The van der Waals surface area contributed by atoms with Crippen LogP contribution in [0.2, 0.25) is 0 Å². The molecule has 10 atom stereocenters. The Morgan fingerprint density at radius 2 is 1.03 bits per heavy atom. The van der Waals surface area contributed by atoms with Crippen molar-refractivity contribution in [2.24, 2.45) is 58.1 Å². The van der Waals surface area contributed by atoms with E-state index in [1.807, 2.05) is 81.6 Å². The number of phenolic OH excluding ortho intramolecular Hbond substituents is 1. The Bertz CT molecular complexity index is 3200. The number of thioether (sulfide) groups is 1. The smallest absolute Gasteiger partial charge is 0.224 e. The monoisotopic (exact) mass is 1370 g/mol. The van der Waals surface area contributed by atoms with Crippen LogP contribution in [0.3, 0.4) is 0 Å². The van der Waals surface area contributed by atoms with Crippen LogP contribution in [0.1, 0.15) is 207 Å². The second kappa shape index (κ2) is 44.5. The molecule has 540 valence electrons. The average Bonchev–Trinajstić information content (AvgIpc) is 1.58. The highest BCUT2D eigenvalue weighted by molar-refractivity contribution is 7.98. The number of carbonyl (C=O) groups excluding carboxylic acids is 10. The number of phenols is 1. The van der Waals surface area contributed by atoms with E-state index in [0.29, 0.717) is 55.8 Å². The molecular weight excluding hydrogens is 1260 g/mol. The quantitative estimate of drug-likeness (QED) is 0.0123. The largest absolute Gasteiger partial charge is 0.550 e. The second-order valence-electron chi connectivity index (χ2n) is 27.7. The minimum absolute atomic E-state index is 0.00571. The Kier molecular flexibility index (Phi) is 37.7. The first kappa shape index (κ1) is 82.9. The first-order valence-electron chi connectivity index (χ1n) is 36.0. The molecule has 0 saturated heterocycles. The fourth-order valence-electron chi connectivity index (χ4n) is 12.6. The zero-order valence-electron chi connectivity index (χ0n) is 60.1. The van der Waals surface area contributed by atoms with Crippen LogP contribution in [0, 0.1) is 47.3 Å². The summed E-state index contributed by atoms with van der Waals surface area (Å²) in [4.78, 5) is 152. The summed E-state index contributed by atoms with van der Waals surface area (Å²) in [7, 11) is 0. The maximum absolute atomic E-state index is 15.0. The van der Waals surface area contributed by atoms with E-state index in [-0.39, 0.29) is 88.1 Å². The van der Waals surface area contributed by atoms with Gasteiger partial charge in [0.05, 0.1) is 30.0 Å². The predicted octanol–water partition coefficient (Wildman–Crippen LogP) is 11.1. The van der Waals surface area contributed by atoms with Gasteiger partial charge in [0.1, 0.15) is 11.5 Å². The topological polar surface area (TPSA) is 316 Å². The number of amidine groups is 1. The van der Waals surface area contributed by atoms with Gasteiger partial charge in [0.25, 0.3) is 0 Å². The second-order valence-corrected chi connectivity index (χ2v) is 28.7. The lowest BCUT2D eigenvalue weighted by atomic mass is 9.84. The van der Waals surface area contributed by atoms with Gasteiger partial charge in [-0.1, -0.05) is 174 Å². The zero-order valence-corrected chi connectivity index (χ0v) is 60.9. The van der Waals surface area contributed by atoms with Crippen LogP contribution in [0.5, 0.6) is 5.75 Å². The minimum atomic E-state index is -1.31. The highest BCUT2D eigenvalue weighted by atomic mass is 32.2. The third-order valence-corrected chi connectivity index (χ3v) is 19.4. The van der Waals surface area contributed by atoms with Crippen molar-refractivity contribution in [2.75, 3.05) is 18.6 Å². The molecule has 0 fully saturated rings. The lowest BCUT2D eigenvalue weighted by molar-refractivity contribution is -0.312. The van der Waals surface area contributed by atoms with Gasteiger partial charge in [-0.25, -0.2) is 0 Å². The number of carboxylic acid groups (broad SMARTS) is 1. The average molecular weight is 1370 g/mol. The molecule has 3 aromatic carbocycles. The van der Waals surface area contributed by atoms with E-state index in [4.69, 9.17) is 5.73 Å². The molecule has 4 amide bonds. The Labute approximate surface area is 586 Å². The molecule has 20 heteroatoms. The van der Waals surface area contributed by atoms with Crippen molar-refractivity contribution in [2.45, 2.75) is 234 Å². The number of unbranched alkanes of at least 4 members (excludes halogenated alkanes) is 6. The molecule has 19 nitrogen and oxygen atoms in total. The van der Waals surface area contributed by atoms with E-state index < -0.39 is 118 Å². The Hall–Kier alpha value is -7.48. The predicted molar refractivity (Wildman–Crippen MR) is 388 cm³/mol. The van der Waals surface area contributed by atoms with Gasteiger partial charge in [-0.05, 0) is 123 Å². The molecule has 0 unspecified atom stereocenters. The van der Waals surface area contributed by atoms with E-state index in [1.54, 1.807) is 52.9 Å². The number of aromatic hydroxyl groups is 1. The molecule has 1 heterocycles. The van der Waals surface area contributed by atoms with E-state index in [1.165, 1.54) is 23.9 Å². The number of rotatable bonds is 51. The standard InChI is InChI=1S/C78H115N7O12S/c1-11-14-18-26-52(8)68(87)44-56(30-25-39-80-53(9)79)74(92)84-67(42-54-27-21-17-22-28-54)71(90)46-58(41-55-34-36-61(86)37-35-55)76(94)85-73(51(6)7)72(91)48-63(50(4)5)77(95)83-66(38-40-98-10)70(89)47-59(43-60-49-81-64-32-24-23-31-62(60)64)75(93)82-65(33-20-16-13-3)69(88)45-57(78(96)97)29-19-15-12-2/h17,21-24,27-28,31-32,34-37,49-52,56-59,63,65-67,73,81,86H,11-16,18-20,25-26,29-30,33,38-48H2,1-10H3,(H2,79,80)(H,82,93)(H,83,95)(H,84,92)(H,85,94)(H,96,97)/p-1/t52-,56-,57+,58-,59-,63+,65+,66+,67+,73+/m1/s1. The third-order valence-electron chi connectivity index (χ3n) is 18.8. The number of aliphatic imine (C=N–C) groups is 1. The SMILES string of the molecule is CCCCC[C@@H](CC(=O)[C@H](CCCCC)NC(=O)[C@@H](CC(=O)[C@H](CCSC)NC(=O)[C@@H](CC(=O)[C@@H](NC(=O)[C@@H](CC(=O)[C@H](Cc1ccccc1)NC(=O)[C@H](CCCN=C(C)N)CC(=O)[C@H](C)CCCCC)Cc1ccc(O)cc1)C(C)C)C(C)C)Cc1c[nH]c2ccccc12)C(=O)[O-].